The number of hydrogen-bond donors (Lipinski definition) is 1. The number of morpholine rings is 1. The van der Waals surface area contributed by atoms with Gasteiger partial charge in [0.15, 0.2) is 6.61 Å². The van der Waals surface area contributed by atoms with E-state index in [1.165, 1.54) is 25.1 Å². The quantitative estimate of drug-likeness (QED) is 0.451. The van der Waals surface area contributed by atoms with Crippen LogP contribution < -0.4 is 10.2 Å². The third-order valence-electron chi connectivity index (χ3n) is 4.58. The predicted octanol–water partition coefficient (Wildman–Crippen LogP) is 2.54. The lowest BCUT2D eigenvalue weighted by Crippen LogP contribution is -2.36. The number of hydrogen-bond acceptors (Lipinski definition) is 7. The Hall–Kier alpha value is -3.46. The minimum atomic E-state index is -0.788. The number of amides is 1. The number of benzene rings is 2. The van der Waals surface area contributed by atoms with Crippen LogP contribution in [0.15, 0.2) is 42.5 Å². The lowest BCUT2D eigenvalue weighted by Gasteiger charge is -2.28. The summed E-state index contributed by atoms with van der Waals surface area (Å²) in [5.74, 6) is -1.29. The van der Waals surface area contributed by atoms with Crippen molar-refractivity contribution in [3.05, 3.63) is 63.7 Å². The molecule has 3 rings (SSSR count). The third kappa shape index (κ3) is 5.08. The van der Waals surface area contributed by atoms with Crippen LogP contribution >= 0.6 is 0 Å². The fourth-order valence-electron chi connectivity index (χ4n) is 3.03. The minimum absolute atomic E-state index is 0.0573. The van der Waals surface area contributed by atoms with Gasteiger partial charge in [-0.05, 0) is 37.3 Å². The molecule has 1 heterocycles. The summed E-state index contributed by atoms with van der Waals surface area (Å²) in [4.78, 5) is 36.8. The Bertz CT molecular complexity index is 907. The van der Waals surface area contributed by atoms with E-state index in [4.69, 9.17) is 9.47 Å². The SMILES string of the molecule is Cc1c(C(=O)OCC(=O)Nc2ccc(N3CCOCC3)cc2)cccc1[N+](=O)[O-]. The zero-order valence-electron chi connectivity index (χ0n) is 15.9. The molecule has 1 saturated heterocycles. The highest BCUT2D eigenvalue weighted by Gasteiger charge is 2.19. The van der Waals surface area contributed by atoms with Gasteiger partial charge in [-0.3, -0.25) is 14.9 Å². The molecule has 0 saturated carbocycles. The maximum absolute atomic E-state index is 12.2. The van der Waals surface area contributed by atoms with Crippen molar-refractivity contribution in [2.45, 2.75) is 6.92 Å². The topological polar surface area (TPSA) is 111 Å². The van der Waals surface area contributed by atoms with E-state index < -0.39 is 23.4 Å². The van der Waals surface area contributed by atoms with Crippen molar-refractivity contribution in [2.75, 3.05) is 43.1 Å². The van der Waals surface area contributed by atoms with Gasteiger partial charge in [-0.1, -0.05) is 6.07 Å². The molecule has 0 atom stereocenters. The molecule has 0 aromatic heterocycles. The van der Waals surface area contributed by atoms with Crippen molar-refractivity contribution in [1.82, 2.24) is 0 Å². The van der Waals surface area contributed by atoms with Gasteiger partial charge in [-0.2, -0.15) is 0 Å². The molecule has 9 nitrogen and oxygen atoms in total. The summed E-state index contributed by atoms with van der Waals surface area (Å²) in [7, 11) is 0. The lowest BCUT2D eigenvalue weighted by molar-refractivity contribution is -0.385. The number of carbonyl (C=O) groups excluding carboxylic acids is 2. The largest absolute Gasteiger partial charge is 0.452 e. The molecule has 1 aliphatic rings. The Labute approximate surface area is 167 Å². The smallest absolute Gasteiger partial charge is 0.339 e. The fraction of sp³-hybridized carbons (Fsp3) is 0.300. The Morgan fingerprint density at radius 2 is 1.86 bits per heavy atom. The number of anilines is 2. The standard InChI is InChI=1S/C20H21N3O6/c1-14-17(3-2-4-18(14)23(26)27)20(25)29-13-19(24)21-15-5-7-16(8-6-15)22-9-11-28-12-10-22/h2-8H,9-13H2,1H3,(H,21,24). The Balaban J connectivity index is 1.54. The highest BCUT2D eigenvalue weighted by Crippen LogP contribution is 2.22. The average molecular weight is 399 g/mol. The van der Waals surface area contributed by atoms with E-state index >= 15 is 0 Å². The number of nitrogens with zero attached hydrogens (tertiary/aromatic N) is 2. The zero-order chi connectivity index (χ0) is 20.8. The van der Waals surface area contributed by atoms with Crippen LogP contribution in [0.3, 0.4) is 0 Å². The van der Waals surface area contributed by atoms with Gasteiger partial charge in [0, 0.05) is 36.1 Å². The lowest BCUT2D eigenvalue weighted by atomic mass is 10.1. The van der Waals surface area contributed by atoms with Crippen molar-refractivity contribution in [3.63, 3.8) is 0 Å². The summed E-state index contributed by atoms with van der Waals surface area (Å²) in [6.45, 7) is 3.98. The van der Waals surface area contributed by atoms with E-state index in [9.17, 15) is 19.7 Å². The van der Waals surface area contributed by atoms with Crippen molar-refractivity contribution in [2.24, 2.45) is 0 Å². The molecule has 0 bridgehead atoms. The Morgan fingerprint density at radius 1 is 1.17 bits per heavy atom. The Morgan fingerprint density at radius 3 is 2.52 bits per heavy atom. The number of ether oxygens (including phenoxy) is 2. The van der Waals surface area contributed by atoms with Crippen molar-refractivity contribution < 1.29 is 24.0 Å². The van der Waals surface area contributed by atoms with E-state index in [0.717, 1.165) is 18.8 Å². The van der Waals surface area contributed by atoms with E-state index in [2.05, 4.69) is 10.2 Å². The summed E-state index contributed by atoms with van der Waals surface area (Å²) in [5.41, 5.74) is 1.70. The number of nitro benzene ring substituents is 1. The van der Waals surface area contributed by atoms with Crippen LogP contribution in [0.25, 0.3) is 0 Å². The molecule has 2 aromatic carbocycles. The summed E-state index contributed by atoms with van der Waals surface area (Å²) >= 11 is 0. The van der Waals surface area contributed by atoms with Crippen LogP contribution in [0, 0.1) is 17.0 Å². The van der Waals surface area contributed by atoms with Crippen molar-refractivity contribution in [3.8, 4) is 0 Å². The first-order valence-electron chi connectivity index (χ1n) is 9.09. The van der Waals surface area contributed by atoms with Crippen molar-refractivity contribution in [1.29, 1.82) is 0 Å². The molecule has 1 fully saturated rings. The van der Waals surface area contributed by atoms with E-state index in [-0.39, 0.29) is 16.8 Å². The highest BCUT2D eigenvalue weighted by molar-refractivity contribution is 5.96. The molecule has 0 radical (unpaired) electrons. The van der Waals surface area contributed by atoms with Crippen LogP contribution in [0.4, 0.5) is 17.1 Å². The molecule has 9 heteroatoms. The average Bonchev–Trinajstić information content (AvgIpc) is 2.73. The molecule has 0 spiro atoms. The third-order valence-corrected chi connectivity index (χ3v) is 4.58. The van der Waals surface area contributed by atoms with Crippen LogP contribution in [0.2, 0.25) is 0 Å². The first kappa shape index (κ1) is 20.3. The van der Waals surface area contributed by atoms with Gasteiger partial charge in [0.05, 0.1) is 23.7 Å². The summed E-state index contributed by atoms with van der Waals surface area (Å²) in [5, 5.41) is 13.6. The summed E-state index contributed by atoms with van der Waals surface area (Å²) in [6, 6.07) is 11.5. The second kappa shape index (κ2) is 9.16. The van der Waals surface area contributed by atoms with Gasteiger partial charge in [0.1, 0.15) is 0 Å². The fourth-order valence-corrected chi connectivity index (χ4v) is 3.03. The maximum atomic E-state index is 12.2. The molecule has 152 valence electrons. The predicted molar refractivity (Wildman–Crippen MR) is 106 cm³/mol. The number of nitrogens with one attached hydrogen (secondary N) is 1. The molecule has 2 aromatic rings. The Kier molecular flexibility index (Phi) is 6.40. The molecule has 0 unspecified atom stereocenters. The van der Waals surface area contributed by atoms with E-state index in [1.54, 1.807) is 12.1 Å². The highest BCUT2D eigenvalue weighted by atomic mass is 16.6. The number of nitro groups is 1. The zero-order valence-corrected chi connectivity index (χ0v) is 15.9. The van der Waals surface area contributed by atoms with Crippen LogP contribution in [-0.4, -0.2) is 49.7 Å². The molecule has 0 aliphatic carbocycles. The first-order valence-corrected chi connectivity index (χ1v) is 9.09. The van der Waals surface area contributed by atoms with Gasteiger partial charge < -0.3 is 19.7 Å². The molecular formula is C20H21N3O6. The van der Waals surface area contributed by atoms with Crippen LogP contribution in [0.5, 0.6) is 0 Å². The number of rotatable bonds is 6. The second-order valence-corrected chi connectivity index (χ2v) is 6.48. The van der Waals surface area contributed by atoms with E-state index in [1.807, 2.05) is 12.1 Å². The van der Waals surface area contributed by atoms with Crippen molar-refractivity contribution >= 4 is 28.9 Å². The van der Waals surface area contributed by atoms with Gasteiger partial charge >= 0.3 is 5.97 Å². The molecule has 1 N–H and O–H groups in total. The van der Waals surface area contributed by atoms with Gasteiger partial charge in [-0.15, -0.1) is 0 Å². The number of esters is 1. The molecule has 29 heavy (non-hydrogen) atoms. The number of carbonyl (C=O) groups is 2. The van der Waals surface area contributed by atoms with Gasteiger partial charge in [0.25, 0.3) is 11.6 Å². The second-order valence-electron chi connectivity index (χ2n) is 6.48. The normalized spacial score (nSPS) is 13.6. The minimum Gasteiger partial charge on any atom is -0.452 e. The van der Waals surface area contributed by atoms with Crippen LogP contribution in [0.1, 0.15) is 15.9 Å². The summed E-state index contributed by atoms with van der Waals surface area (Å²) in [6.07, 6.45) is 0. The monoisotopic (exact) mass is 399 g/mol. The van der Waals surface area contributed by atoms with Crippen LogP contribution in [-0.2, 0) is 14.3 Å². The molecular weight excluding hydrogens is 378 g/mol. The maximum Gasteiger partial charge on any atom is 0.339 e. The van der Waals surface area contributed by atoms with E-state index in [0.29, 0.717) is 18.9 Å². The molecule has 1 aliphatic heterocycles. The summed E-state index contributed by atoms with van der Waals surface area (Å²) < 4.78 is 10.3. The first-order chi connectivity index (χ1) is 14.0. The van der Waals surface area contributed by atoms with Gasteiger partial charge in [-0.25, -0.2) is 4.79 Å². The molecule has 1 amide bonds. The van der Waals surface area contributed by atoms with Gasteiger partial charge in [0.2, 0.25) is 0 Å².